The van der Waals surface area contributed by atoms with Gasteiger partial charge in [0.2, 0.25) is 5.91 Å². The van der Waals surface area contributed by atoms with Gasteiger partial charge in [0.15, 0.2) is 0 Å². The number of aromatic nitrogens is 1. The fourth-order valence-electron chi connectivity index (χ4n) is 3.36. The van der Waals surface area contributed by atoms with Gasteiger partial charge < -0.3 is 28.8 Å². The summed E-state index contributed by atoms with van der Waals surface area (Å²) < 4.78 is 34.3. The first-order chi connectivity index (χ1) is 17.0. The monoisotopic (exact) mass is 496 g/mol. The van der Waals surface area contributed by atoms with Crippen LogP contribution in [0.3, 0.4) is 0 Å². The smallest absolute Gasteiger partial charge is 0.230 e. The molecule has 35 heavy (non-hydrogen) atoms. The van der Waals surface area contributed by atoms with Crippen LogP contribution in [0.4, 0.5) is 5.69 Å². The molecule has 1 aromatic heterocycles. The van der Waals surface area contributed by atoms with E-state index in [0.717, 1.165) is 5.56 Å². The molecule has 3 rings (SSSR count). The molecule has 0 radical (unpaired) electrons. The summed E-state index contributed by atoms with van der Waals surface area (Å²) in [4.78, 5) is 16.7. The van der Waals surface area contributed by atoms with Crippen molar-refractivity contribution in [2.75, 3.05) is 33.8 Å². The maximum absolute atomic E-state index is 12.8. The Bertz CT molecular complexity index is 1140. The second-order valence-electron chi connectivity index (χ2n) is 7.35. The molecular formula is C26H28N2O6S. The normalized spacial score (nSPS) is 11.7. The number of carbonyl (C=O) groups is 1. The third-order valence-corrected chi connectivity index (χ3v) is 6.11. The third-order valence-electron chi connectivity index (χ3n) is 5.05. The molecular weight excluding hydrogens is 468 g/mol. The molecule has 8 nitrogen and oxygen atoms in total. The molecule has 0 saturated heterocycles. The van der Waals surface area contributed by atoms with Crippen LogP contribution in [0.2, 0.25) is 0 Å². The zero-order valence-corrected chi connectivity index (χ0v) is 20.9. The van der Waals surface area contributed by atoms with Crippen molar-refractivity contribution in [2.45, 2.75) is 12.2 Å². The van der Waals surface area contributed by atoms with Crippen molar-refractivity contribution in [3.63, 3.8) is 0 Å². The first-order valence-corrected chi connectivity index (χ1v) is 12.1. The minimum Gasteiger partial charge on any atom is -0.612 e. The van der Waals surface area contributed by atoms with Gasteiger partial charge in [-0.2, -0.15) is 0 Å². The van der Waals surface area contributed by atoms with Gasteiger partial charge in [-0.3, -0.25) is 9.78 Å². The number of methoxy groups -OCH3 is 4. The summed E-state index contributed by atoms with van der Waals surface area (Å²) in [5.74, 6) is 2.20. The van der Waals surface area contributed by atoms with E-state index in [1.165, 1.54) is 7.11 Å². The number of pyridine rings is 1. The lowest BCUT2D eigenvalue weighted by molar-refractivity contribution is -0.115. The van der Waals surface area contributed by atoms with Gasteiger partial charge in [-0.25, -0.2) is 0 Å². The number of carbonyl (C=O) groups excluding carboxylic acids is 1. The quantitative estimate of drug-likeness (QED) is 0.397. The highest BCUT2D eigenvalue weighted by Gasteiger charge is 2.15. The number of hydrogen-bond donors (Lipinski definition) is 1. The fourth-order valence-corrected chi connectivity index (χ4v) is 4.25. The average Bonchev–Trinajstić information content (AvgIpc) is 2.87. The van der Waals surface area contributed by atoms with E-state index in [2.05, 4.69) is 10.3 Å². The molecule has 0 aliphatic carbocycles. The van der Waals surface area contributed by atoms with Crippen LogP contribution < -0.4 is 24.3 Å². The molecule has 0 spiro atoms. The van der Waals surface area contributed by atoms with Crippen molar-refractivity contribution in [1.82, 2.24) is 4.98 Å². The molecule has 2 aromatic carbocycles. The van der Waals surface area contributed by atoms with Crippen LogP contribution in [0.1, 0.15) is 16.8 Å². The Morgan fingerprint density at radius 2 is 1.69 bits per heavy atom. The predicted molar refractivity (Wildman–Crippen MR) is 137 cm³/mol. The van der Waals surface area contributed by atoms with E-state index < -0.39 is 11.2 Å². The molecule has 0 aliphatic rings. The standard InChI is InChI=1S/C26H28N2O6S/c1-31-20-15-24(33-3)21(25(16-20)34-4)10-12-35(30)17-18-8-9-23(32-2)22(13-18)28-26(29)14-19-7-5-6-11-27-19/h5-13,15-16H,14,17H2,1-4H3,(H,28,29). The summed E-state index contributed by atoms with van der Waals surface area (Å²) >= 11 is -1.35. The lowest BCUT2D eigenvalue weighted by Gasteiger charge is -2.14. The Balaban J connectivity index is 1.73. The van der Waals surface area contributed by atoms with Crippen LogP contribution in [-0.4, -0.2) is 43.9 Å². The third kappa shape index (κ3) is 7.14. The van der Waals surface area contributed by atoms with Crippen LogP contribution in [0.25, 0.3) is 6.08 Å². The highest BCUT2D eigenvalue weighted by atomic mass is 32.2. The lowest BCUT2D eigenvalue weighted by Crippen LogP contribution is -2.16. The highest BCUT2D eigenvalue weighted by molar-refractivity contribution is 7.93. The van der Waals surface area contributed by atoms with Crippen molar-refractivity contribution in [3.05, 3.63) is 77.0 Å². The zero-order valence-electron chi connectivity index (χ0n) is 20.1. The van der Waals surface area contributed by atoms with Gasteiger partial charge in [0, 0.05) is 35.7 Å². The molecule has 184 valence electrons. The molecule has 1 atom stereocenters. The number of nitrogens with one attached hydrogen (secondary N) is 1. The molecule has 9 heteroatoms. The van der Waals surface area contributed by atoms with Crippen LogP contribution in [0.15, 0.2) is 60.1 Å². The summed E-state index contributed by atoms with van der Waals surface area (Å²) in [5, 5.41) is 4.44. The Morgan fingerprint density at radius 1 is 0.971 bits per heavy atom. The van der Waals surface area contributed by atoms with Gasteiger partial charge in [0.25, 0.3) is 0 Å². The van der Waals surface area contributed by atoms with E-state index in [1.54, 1.807) is 75.4 Å². The van der Waals surface area contributed by atoms with Crippen molar-refractivity contribution in [2.24, 2.45) is 0 Å². The zero-order chi connectivity index (χ0) is 25.2. The minimum atomic E-state index is -1.35. The van der Waals surface area contributed by atoms with Crippen molar-refractivity contribution < 1.29 is 28.3 Å². The van der Waals surface area contributed by atoms with Gasteiger partial charge >= 0.3 is 0 Å². The first-order valence-electron chi connectivity index (χ1n) is 10.7. The number of anilines is 1. The van der Waals surface area contributed by atoms with E-state index in [0.29, 0.717) is 39.9 Å². The van der Waals surface area contributed by atoms with E-state index in [1.807, 2.05) is 12.1 Å². The van der Waals surface area contributed by atoms with E-state index in [9.17, 15) is 9.35 Å². The van der Waals surface area contributed by atoms with E-state index >= 15 is 0 Å². The summed E-state index contributed by atoms with van der Waals surface area (Å²) in [6.07, 6.45) is 3.48. The average molecular weight is 497 g/mol. The summed E-state index contributed by atoms with van der Waals surface area (Å²) in [6, 6.07) is 14.2. The van der Waals surface area contributed by atoms with Gasteiger partial charge in [-0.1, -0.05) is 12.1 Å². The summed E-state index contributed by atoms with van der Waals surface area (Å²) in [6.45, 7) is 0. The van der Waals surface area contributed by atoms with Gasteiger partial charge in [-0.05, 0) is 35.4 Å². The predicted octanol–water partition coefficient (Wildman–Crippen LogP) is 4.22. The second-order valence-corrected chi connectivity index (χ2v) is 8.68. The van der Waals surface area contributed by atoms with E-state index in [-0.39, 0.29) is 18.1 Å². The molecule has 1 heterocycles. The largest absolute Gasteiger partial charge is 0.612 e. The van der Waals surface area contributed by atoms with Crippen LogP contribution in [0, 0.1) is 0 Å². The number of benzene rings is 2. The van der Waals surface area contributed by atoms with Crippen LogP contribution >= 0.6 is 0 Å². The minimum absolute atomic E-state index is 0.133. The van der Waals surface area contributed by atoms with E-state index in [4.69, 9.17) is 18.9 Å². The van der Waals surface area contributed by atoms with Crippen LogP contribution in [-0.2, 0) is 28.1 Å². The van der Waals surface area contributed by atoms with Crippen molar-refractivity contribution >= 4 is 28.8 Å². The van der Waals surface area contributed by atoms with Gasteiger partial charge in [0.05, 0.1) is 46.1 Å². The number of hydrogen-bond acceptors (Lipinski definition) is 7. The number of amides is 1. The highest BCUT2D eigenvalue weighted by Crippen LogP contribution is 2.35. The maximum atomic E-state index is 12.8. The maximum Gasteiger partial charge on any atom is 0.230 e. The Hall–Kier alpha value is -3.69. The number of nitrogens with zero attached hydrogens (tertiary/aromatic N) is 1. The molecule has 0 aliphatic heterocycles. The van der Waals surface area contributed by atoms with Crippen LogP contribution in [0.5, 0.6) is 23.0 Å². The molecule has 1 amide bonds. The van der Waals surface area contributed by atoms with Crippen molar-refractivity contribution in [3.8, 4) is 23.0 Å². The van der Waals surface area contributed by atoms with Gasteiger partial charge in [-0.15, -0.1) is 0 Å². The topological polar surface area (TPSA) is 102 Å². The summed E-state index contributed by atoms with van der Waals surface area (Å²) in [7, 11) is 6.18. The Morgan fingerprint density at radius 3 is 2.29 bits per heavy atom. The summed E-state index contributed by atoms with van der Waals surface area (Å²) in [5.41, 5.74) is 2.60. The second kappa shape index (κ2) is 12.7. The molecule has 0 bridgehead atoms. The molecule has 1 N–H and O–H groups in total. The Kier molecular flexibility index (Phi) is 9.39. The van der Waals surface area contributed by atoms with Crippen molar-refractivity contribution in [1.29, 1.82) is 0 Å². The number of rotatable bonds is 11. The molecule has 0 fully saturated rings. The Labute approximate surface area is 208 Å². The SMILES string of the molecule is COc1cc(OC)c(C=C[S+]([O-])Cc2ccc(OC)c(NC(=O)Cc3ccccn3)c2)c(OC)c1. The molecule has 3 aromatic rings. The number of ether oxygens (including phenoxy) is 4. The van der Waals surface area contributed by atoms with Gasteiger partial charge in [0.1, 0.15) is 34.2 Å². The fraction of sp³-hybridized carbons (Fsp3) is 0.231. The molecule has 1 unspecified atom stereocenters. The first kappa shape index (κ1) is 25.9. The lowest BCUT2D eigenvalue weighted by atomic mass is 10.1. The molecule has 0 saturated carbocycles.